The maximum Gasteiger partial charge on any atom is 0.261 e. The van der Waals surface area contributed by atoms with Crippen molar-refractivity contribution >= 4 is 5.91 Å². The van der Waals surface area contributed by atoms with E-state index in [4.69, 9.17) is 4.74 Å². The summed E-state index contributed by atoms with van der Waals surface area (Å²) < 4.78 is 5.83. The molecule has 27 heavy (non-hydrogen) atoms. The summed E-state index contributed by atoms with van der Waals surface area (Å²) in [5.74, 6) is 0.664. The van der Waals surface area contributed by atoms with E-state index in [0.29, 0.717) is 6.54 Å². The molecule has 0 radical (unpaired) electrons. The van der Waals surface area contributed by atoms with Gasteiger partial charge in [0.2, 0.25) is 0 Å². The molecule has 0 unspecified atom stereocenters. The van der Waals surface area contributed by atoms with Gasteiger partial charge in [-0.25, -0.2) is 0 Å². The second-order valence-electron chi connectivity index (χ2n) is 7.35. The molecule has 2 aromatic rings. The van der Waals surface area contributed by atoms with Gasteiger partial charge in [0.15, 0.2) is 6.10 Å². The van der Waals surface area contributed by atoms with E-state index >= 15 is 0 Å². The second kappa shape index (κ2) is 9.56. The fourth-order valence-electron chi connectivity index (χ4n) is 3.50. The molecule has 1 amide bonds. The zero-order chi connectivity index (χ0) is 19.1. The van der Waals surface area contributed by atoms with Crippen molar-refractivity contribution in [2.45, 2.75) is 52.3 Å². The summed E-state index contributed by atoms with van der Waals surface area (Å²) in [6, 6.07) is 16.2. The molecule has 2 aromatic carbocycles. The Kier molecular flexibility index (Phi) is 6.88. The second-order valence-corrected chi connectivity index (χ2v) is 7.35. The Labute approximate surface area is 162 Å². The maximum absolute atomic E-state index is 12.5. The predicted molar refractivity (Wildman–Crippen MR) is 109 cm³/mol. The third-order valence-electron chi connectivity index (χ3n) is 5.18. The van der Waals surface area contributed by atoms with Crippen molar-refractivity contribution in [2.75, 3.05) is 13.1 Å². The van der Waals surface area contributed by atoms with Gasteiger partial charge in [-0.05, 0) is 62.5 Å². The van der Waals surface area contributed by atoms with E-state index in [-0.39, 0.29) is 5.91 Å². The van der Waals surface area contributed by atoms with Gasteiger partial charge in [0, 0.05) is 13.1 Å². The van der Waals surface area contributed by atoms with Gasteiger partial charge in [-0.3, -0.25) is 9.69 Å². The average Bonchev–Trinajstić information content (AvgIpc) is 2.69. The first-order valence-electron chi connectivity index (χ1n) is 9.92. The van der Waals surface area contributed by atoms with Crippen LogP contribution in [0, 0.1) is 6.92 Å². The van der Waals surface area contributed by atoms with Gasteiger partial charge in [0.1, 0.15) is 5.75 Å². The van der Waals surface area contributed by atoms with E-state index in [9.17, 15) is 4.79 Å². The predicted octanol–water partition coefficient (Wildman–Crippen LogP) is 4.06. The summed E-state index contributed by atoms with van der Waals surface area (Å²) in [5, 5.41) is 3.03. The summed E-state index contributed by atoms with van der Waals surface area (Å²) in [5.41, 5.74) is 3.51. The molecule has 1 N–H and O–H groups in total. The van der Waals surface area contributed by atoms with Crippen molar-refractivity contribution < 1.29 is 9.53 Å². The number of ether oxygens (including phenoxy) is 1. The van der Waals surface area contributed by atoms with Gasteiger partial charge in [0.25, 0.3) is 5.91 Å². The van der Waals surface area contributed by atoms with Crippen LogP contribution in [0.2, 0.25) is 0 Å². The molecule has 0 spiro atoms. The number of nitrogens with zero attached hydrogens (tertiary/aromatic N) is 1. The molecule has 4 nitrogen and oxygen atoms in total. The minimum Gasteiger partial charge on any atom is -0.481 e. The minimum absolute atomic E-state index is 0.0916. The molecule has 3 rings (SSSR count). The molecular weight excluding hydrogens is 336 g/mol. The number of carbonyl (C=O) groups excluding carboxylic acids is 1. The van der Waals surface area contributed by atoms with Crippen molar-refractivity contribution in [1.29, 1.82) is 0 Å². The van der Waals surface area contributed by atoms with Crippen LogP contribution in [0.5, 0.6) is 5.75 Å². The van der Waals surface area contributed by atoms with Crippen LogP contribution >= 0.6 is 0 Å². The number of hydrogen-bond acceptors (Lipinski definition) is 3. The Morgan fingerprint density at radius 3 is 2.44 bits per heavy atom. The summed E-state index contributed by atoms with van der Waals surface area (Å²) in [6.07, 6.45) is 3.38. The van der Waals surface area contributed by atoms with Gasteiger partial charge in [-0.15, -0.1) is 0 Å². The molecule has 144 valence electrons. The first-order valence-corrected chi connectivity index (χ1v) is 9.92. The monoisotopic (exact) mass is 366 g/mol. The van der Waals surface area contributed by atoms with Gasteiger partial charge < -0.3 is 10.1 Å². The summed E-state index contributed by atoms with van der Waals surface area (Å²) in [6.45, 7) is 7.60. The standard InChI is InChI=1S/C23H30N2O2/c1-18-10-4-7-13-22(18)27-19(2)23(26)24-16-20-11-5-6-12-21(20)17-25-14-8-3-9-15-25/h4-7,10-13,19H,3,8-9,14-17H2,1-2H3,(H,24,26)/t19-/m1/s1. The van der Waals surface area contributed by atoms with Crippen molar-refractivity contribution in [3.63, 3.8) is 0 Å². The number of amides is 1. The van der Waals surface area contributed by atoms with E-state index in [0.717, 1.165) is 17.9 Å². The molecule has 1 aliphatic rings. The van der Waals surface area contributed by atoms with E-state index in [1.807, 2.05) is 37.3 Å². The lowest BCUT2D eigenvalue weighted by Gasteiger charge is -2.27. The van der Waals surface area contributed by atoms with Crippen LogP contribution < -0.4 is 10.1 Å². The molecule has 1 saturated heterocycles. The highest BCUT2D eigenvalue weighted by Crippen LogP contribution is 2.18. The summed E-state index contributed by atoms with van der Waals surface area (Å²) in [4.78, 5) is 15.0. The third kappa shape index (κ3) is 5.57. The van der Waals surface area contributed by atoms with Gasteiger partial charge in [-0.1, -0.05) is 48.9 Å². The lowest BCUT2D eigenvalue weighted by molar-refractivity contribution is -0.127. The highest BCUT2D eigenvalue weighted by atomic mass is 16.5. The Balaban J connectivity index is 1.56. The lowest BCUT2D eigenvalue weighted by atomic mass is 10.0. The van der Waals surface area contributed by atoms with E-state index < -0.39 is 6.10 Å². The number of nitrogens with one attached hydrogen (secondary N) is 1. The Morgan fingerprint density at radius 1 is 1.04 bits per heavy atom. The van der Waals surface area contributed by atoms with Gasteiger partial charge in [0.05, 0.1) is 0 Å². The Bertz CT molecular complexity index is 754. The number of hydrogen-bond donors (Lipinski definition) is 1. The van der Waals surface area contributed by atoms with E-state index in [2.05, 4.69) is 28.4 Å². The fraction of sp³-hybridized carbons (Fsp3) is 0.435. The molecule has 1 fully saturated rings. The van der Waals surface area contributed by atoms with Crippen molar-refractivity contribution in [3.8, 4) is 5.75 Å². The molecule has 0 aliphatic carbocycles. The van der Waals surface area contributed by atoms with E-state index in [1.165, 1.54) is 43.5 Å². The lowest BCUT2D eigenvalue weighted by Crippen LogP contribution is -2.36. The number of para-hydroxylation sites is 1. The quantitative estimate of drug-likeness (QED) is 0.803. The van der Waals surface area contributed by atoms with Crippen LogP contribution in [0.4, 0.5) is 0 Å². The smallest absolute Gasteiger partial charge is 0.261 e. The third-order valence-corrected chi connectivity index (χ3v) is 5.18. The maximum atomic E-state index is 12.5. The molecule has 0 bridgehead atoms. The highest BCUT2D eigenvalue weighted by molar-refractivity contribution is 5.80. The van der Waals surface area contributed by atoms with Crippen molar-refractivity contribution in [3.05, 3.63) is 65.2 Å². The number of carbonyl (C=O) groups is 1. The summed E-state index contributed by atoms with van der Waals surface area (Å²) in [7, 11) is 0. The first-order chi connectivity index (χ1) is 13.1. The van der Waals surface area contributed by atoms with Crippen LogP contribution in [-0.4, -0.2) is 30.0 Å². The van der Waals surface area contributed by atoms with Gasteiger partial charge >= 0.3 is 0 Å². The summed E-state index contributed by atoms with van der Waals surface area (Å²) >= 11 is 0. The van der Waals surface area contributed by atoms with Crippen molar-refractivity contribution in [1.82, 2.24) is 10.2 Å². The molecule has 1 aliphatic heterocycles. The zero-order valence-corrected chi connectivity index (χ0v) is 16.4. The molecule has 0 saturated carbocycles. The van der Waals surface area contributed by atoms with Crippen LogP contribution in [0.1, 0.15) is 42.9 Å². The first kappa shape index (κ1) is 19.4. The van der Waals surface area contributed by atoms with Crippen LogP contribution in [-0.2, 0) is 17.9 Å². The van der Waals surface area contributed by atoms with Crippen LogP contribution in [0.25, 0.3) is 0 Å². The fourth-order valence-corrected chi connectivity index (χ4v) is 3.50. The zero-order valence-electron chi connectivity index (χ0n) is 16.4. The molecule has 1 heterocycles. The molecular formula is C23H30N2O2. The number of piperidine rings is 1. The topological polar surface area (TPSA) is 41.6 Å². The highest BCUT2D eigenvalue weighted by Gasteiger charge is 2.17. The SMILES string of the molecule is Cc1ccccc1O[C@H](C)C(=O)NCc1ccccc1CN1CCCCC1. The Hall–Kier alpha value is -2.33. The Morgan fingerprint density at radius 2 is 1.70 bits per heavy atom. The average molecular weight is 367 g/mol. The van der Waals surface area contributed by atoms with Crippen LogP contribution in [0.3, 0.4) is 0 Å². The largest absolute Gasteiger partial charge is 0.481 e. The normalized spacial score (nSPS) is 15.9. The number of aryl methyl sites for hydroxylation is 1. The molecule has 4 heteroatoms. The number of likely N-dealkylation sites (tertiary alicyclic amines) is 1. The molecule has 1 atom stereocenters. The number of benzene rings is 2. The van der Waals surface area contributed by atoms with Crippen molar-refractivity contribution in [2.24, 2.45) is 0 Å². The molecule has 0 aromatic heterocycles. The number of rotatable bonds is 7. The van der Waals surface area contributed by atoms with Gasteiger partial charge in [-0.2, -0.15) is 0 Å². The van der Waals surface area contributed by atoms with E-state index in [1.54, 1.807) is 6.92 Å². The minimum atomic E-state index is -0.527. The van der Waals surface area contributed by atoms with Crippen LogP contribution in [0.15, 0.2) is 48.5 Å².